The molecule has 0 saturated heterocycles. The third-order valence-electron chi connectivity index (χ3n) is 3.29. The normalized spacial score (nSPS) is 18.8. The van der Waals surface area contributed by atoms with Gasteiger partial charge in [-0.1, -0.05) is 25.8 Å². The third-order valence-corrected chi connectivity index (χ3v) is 3.29. The molecule has 16 heavy (non-hydrogen) atoms. The first-order chi connectivity index (χ1) is 7.58. The van der Waals surface area contributed by atoms with E-state index in [9.17, 15) is 9.59 Å². The molecule has 0 aromatic heterocycles. The maximum absolute atomic E-state index is 11.1. The lowest BCUT2D eigenvalue weighted by molar-refractivity contribution is -0.122. The summed E-state index contributed by atoms with van der Waals surface area (Å²) < 4.78 is 0. The van der Waals surface area contributed by atoms with E-state index in [2.05, 4.69) is 11.9 Å². The molecule has 1 rings (SSSR count). The number of carbonyl (C=O) groups excluding carboxylic acids is 2. The highest BCUT2D eigenvalue weighted by molar-refractivity contribution is 5.86. The minimum atomic E-state index is -0.283. The van der Waals surface area contributed by atoms with Crippen LogP contribution >= 0.6 is 0 Å². The number of carbonyl (C=O) groups is 2. The van der Waals surface area contributed by atoms with Crippen LogP contribution in [-0.4, -0.2) is 18.4 Å². The summed E-state index contributed by atoms with van der Waals surface area (Å²) in [6.07, 6.45) is 6.97. The third kappa shape index (κ3) is 3.68. The average molecular weight is 224 g/mol. The molecule has 1 saturated carbocycles. The highest BCUT2D eigenvalue weighted by Gasteiger charge is 2.33. The summed E-state index contributed by atoms with van der Waals surface area (Å²) in [6, 6.07) is 0. The Morgan fingerprint density at radius 2 is 1.94 bits per heavy atom. The van der Waals surface area contributed by atoms with Crippen molar-refractivity contribution in [2.75, 3.05) is 6.54 Å². The molecule has 3 N–H and O–H groups in total. The molecule has 0 heterocycles. The smallest absolute Gasteiger partial charge is 0.243 e. The molecule has 0 radical (unpaired) electrons. The molecule has 0 atom stereocenters. The van der Waals surface area contributed by atoms with E-state index < -0.39 is 0 Å². The Kier molecular flexibility index (Phi) is 4.52. The molecule has 0 unspecified atom stereocenters. The largest absolute Gasteiger partial charge is 0.370 e. The maximum atomic E-state index is 11.1. The first-order valence-electron chi connectivity index (χ1n) is 5.77. The summed E-state index contributed by atoms with van der Waals surface area (Å²) in [5.41, 5.74) is 5.15. The molecule has 1 fully saturated rings. The van der Waals surface area contributed by atoms with Gasteiger partial charge in [0.2, 0.25) is 11.8 Å². The second-order valence-corrected chi connectivity index (χ2v) is 4.63. The van der Waals surface area contributed by atoms with Crippen molar-refractivity contribution < 1.29 is 9.59 Å². The Morgan fingerprint density at radius 3 is 2.44 bits per heavy atom. The lowest BCUT2D eigenvalue weighted by Gasteiger charge is -2.36. The number of rotatable bonds is 5. The van der Waals surface area contributed by atoms with Crippen LogP contribution in [0.1, 0.15) is 38.5 Å². The summed E-state index contributed by atoms with van der Waals surface area (Å²) in [5, 5.41) is 2.78. The van der Waals surface area contributed by atoms with Crippen LogP contribution in [0.2, 0.25) is 0 Å². The fourth-order valence-electron chi connectivity index (χ4n) is 2.43. The minimum Gasteiger partial charge on any atom is -0.370 e. The molecule has 90 valence electrons. The fourth-order valence-corrected chi connectivity index (χ4v) is 2.43. The molecular formula is C12H20N2O2. The molecule has 0 aromatic carbocycles. The summed E-state index contributed by atoms with van der Waals surface area (Å²) >= 11 is 0. The van der Waals surface area contributed by atoms with Crippen molar-refractivity contribution in [1.82, 2.24) is 5.32 Å². The molecular weight excluding hydrogens is 204 g/mol. The van der Waals surface area contributed by atoms with Gasteiger partial charge in [-0.05, 0) is 24.3 Å². The summed E-state index contributed by atoms with van der Waals surface area (Å²) in [7, 11) is 0. The van der Waals surface area contributed by atoms with Crippen LogP contribution in [-0.2, 0) is 9.59 Å². The van der Waals surface area contributed by atoms with Crippen molar-refractivity contribution in [3.05, 3.63) is 12.7 Å². The topological polar surface area (TPSA) is 72.2 Å². The number of primary amides is 1. The van der Waals surface area contributed by atoms with E-state index in [0.29, 0.717) is 13.0 Å². The summed E-state index contributed by atoms with van der Waals surface area (Å²) in [4.78, 5) is 22.2. The SMILES string of the molecule is C=CC(=O)NCC1(CC(N)=O)CCCCC1. The zero-order chi connectivity index (χ0) is 12.0. The van der Waals surface area contributed by atoms with Crippen molar-refractivity contribution >= 4 is 11.8 Å². The van der Waals surface area contributed by atoms with Gasteiger partial charge in [-0.2, -0.15) is 0 Å². The molecule has 0 bridgehead atoms. The Labute approximate surface area is 96.3 Å². The monoisotopic (exact) mass is 224 g/mol. The maximum Gasteiger partial charge on any atom is 0.243 e. The van der Waals surface area contributed by atoms with Crippen LogP contribution in [0.15, 0.2) is 12.7 Å². The quantitative estimate of drug-likeness (QED) is 0.687. The van der Waals surface area contributed by atoms with Gasteiger partial charge in [-0.15, -0.1) is 0 Å². The van der Waals surface area contributed by atoms with E-state index in [1.807, 2.05) is 0 Å². The standard InChI is InChI=1S/C12H20N2O2/c1-2-11(16)14-9-12(8-10(13)15)6-4-3-5-7-12/h2H,1,3-9H2,(H2,13,15)(H,14,16). The van der Waals surface area contributed by atoms with Gasteiger partial charge in [0.15, 0.2) is 0 Å². The predicted octanol–water partition coefficient (Wildman–Crippen LogP) is 1.11. The molecule has 0 spiro atoms. The highest BCUT2D eigenvalue weighted by Crippen LogP contribution is 2.38. The van der Waals surface area contributed by atoms with Crippen molar-refractivity contribution in [3.63, 3.8) is 0 Å². The minimum absolute atomic E-state index is 0.122. The zero-order valence-electron chi connectivity index (χ0n) is 9.63. The fraction of sp³-hybridized carbons (Fsp3) is 0.667. The molecule has 1 aliphatic rings. The van der Waals surface area contributed by atoms with Gasteiger partial charge in [0.25, 0.3) is 0 Å². The first kappa shape index (κ1) is 12.7. The highest BCUT2D eigenvalue weighted by atomic mass is 16.1. The van der Waals surface area contributed by atoms with Crippen LogP contribution in [0.5, 0.6) is 0 Å². The number of nitrogens with two attached hydrogens (primary N) is 1. The van der Waals surface area contributed by atoms with Gasteiger partial charge in [0, 0.05) is 13.0 Å². The molecule has 4 heteroatoms. The predicted molar refractivity (Wildman–Crippen MR) is 62.5 cm³/mol. The van der Waals surface area contributed by atoms with Crippen LogP contribution in [0.25, 0.3) is 0 Å². The van der Waals surface area contributed by atoms with Crippen molar-refractivity contribution in [2.45, 2.75) is 38.5 Å². The van der Waals surface area contributed by atoms with Crippen molar-refractivity contribution in [3.8, 4) is 0 Å². The van der Waals surface area contributed by atoms with E-state index in [-0.39, 0.29) is 17.2 Å². The molecule has 0 aliphatic heterocycles. The molecule has 4 nitrogen and oxygen atoms in total. The van der Waals surface area contributed by atoms with E-state index in [1.54, 1.807) is 0 Å². The Hall–Kier alpha value is -1.32. The Bertz CT molecular complexity index is 281. The van der Waals surface area contributed by atoms with Crippen LogP contribution in [0, 0.1) is 5.41 Å². The lowest BCUT2D eigenvalue weighted by atomic mass is 9.71. The summed E-state index contributed by atoms with van der Waals surface area (Å²) in [6.45, 7) is 3.93. The van der Waals surface area contributed by atoms with Gasteiger partial charge < -0.3 is 11.1 Å². The molecule has 0 aromatic rings. The van der Waals surface area contributed by atoms with Crippen molar-refractivity contribution in [1.29, 1.82) is 0 Å². The van der Waals surface area contributed by atoms with E-state index in [4.69, 9.17) is 5.73 Å². The van der Waals surface area contributed by atoms with E-state index >= 15 is 0 Å². The van der Waals surface area contributed by atoms with Crippen LogP contribution < -0.4 is 11.1 Å². The summed E-state index contributed by atoms with van der Waals surface area (Å²) in [5.74, 6) is -0.468. The molecule has 2 amide bonds. The van der Waals surface area contributed by atoms with Crippen molar-refractivity contribution in [2.24, 2.45) is 11.1 Å². The number of hydrogen-bond acceptors (Lipinski definition) is 2. The van der Waals surface area contributed by atoms with Gasteiger partial charge in [-0.3, -0.25) is 9.59 Å². The van der Waals surface area contributed by atoms with Gasteiger partial charge >= 0.3 is 0 Å². The zero-order valence-corrected chi connectivity index (χ0v) is 9.63. The van der Waals surface area contributed by atoms with E-state index in [0.717, 1.165) is 25.7 Å². The van der Waals surface area contributed by atoms with Gasteiger partial charge in [0.1, 0.15) is 0 Å². The van der Waals surface area contributed by atoms with Crippen LogP contribution in [0.4, 0.5) is 0 Å². The second kappa shape index (κ2) is 5.68. The first-order valence-corrected chi connectivity index (χ1v) is 5.77. The molecule has 1 aliphatic carbocycles. The number of amides is 2. The Morgan fingerprint density at radius 1 is 1.31 bits per heavy atom. The van der Waals surface area contributed by atoms with Gasteiger partial charge in [0.05, 0.1) is 0 Å². The van der Waals surface area contributed by atoms with Gasteiger partial charge in [-0.25, -0.2) is 0 Å². The van der Waals surface area contributed by atoms with Crippen LogP contribution in [0.3, 0.4) is 0 Å². The second-order valence-electron chi connectivity index (χ2n) is 4.63. The number of nitrogens with one attached hydrogen (secondary N) is 1. The van der Waals surface area contributed by atoms with E-state index in [1.165, 1.54) is 12.5 Å². The lowest BCUT2D eigenvalue weighted by Crippen LogP contribution is -2.41. The Balaban J connectivity index is 2.58. The number of hydrogen-bond donors (Lipinski definition) is 2. The average Bonchev–Trinajstić information content (AvgIpc) is 2.26.